The molecule has 0 atom stereocenters. The van der Waals surface area contributed by atoms with Gasteiger partial charge in [0.05, 0.1) is 0 Å². The molecule has 1 N–H and O–H groups in total. The molecule has 0 aliphatic rings. The Morgan fingerprint density at radius 3 is 2.48 bits per heavy atom. The molecule has 1 heterocycles. The van der Waals surface area contributed by atoms with Crippen molar-refractivity contribution < 1.29 is 14.7 Å². The van der Waals surface area contributed by atoms with Gasteiger partial charge in [0.15, 0.2) is 0 Å². The van der Waals surface area contributed by atoms with Crippen LogP contribution in [0.2, 0.25) is 10.2 Å². The zero-order valence-electron chi connectivity index (χ0n) is 10.7. The molecule has 0 aliphatic heterocycles. The number of anilines is 1. The minimum absolute atomic E-state index is 0.0590. The van der Waals surface area contributed by atoms with Crippen molar-refractivity contribution in [3.8, 4) is 0 Å². The van der Waals surface area contributed by atoms with Gasteiger partial charge in [0.2, 0.25) is 0 Å². The summed E-state index contributed by atoms with van der Waals surface area (Å²) in [7, 11) is 0. The SMILES string of the molecule is O=C(O)CN(C(=O)c1cccc(Cl)n1)c1cccc(Cl)c1. The van der Waals surface area contributed by atoms with E-state index in [0.717, 1.165) is 4.90 Å². The fourth-order valence-electron chi connectivity index (χ4n) is 1.73. The predicted molar refractivity (Wildman–Crippen MR) is 80.0 cm³/mol. The Morgan fingerprint density at radius 2 is 1.86 bits per heavy atom. The molecule has 0 unspecified atom stereocenters. The van der Waals surface area contributed by atoms with Crippen LogP contribution in [0, 0.1) is 0 Å². The number of carboxylic acid groups (broad SMARTS) is 1. The molecule has 1 aromatic heterocycles. The number of carbonyl (C=O) groups is 2. The number of halogens is 2. The van der Waals surface area contributed by atoms with Crippen LogP contribution in [-0.2, 0) is 4.79 Å². The van der Waals surface area contributed by atoms with Crippen LogP contribution in [0.3, 0.4) is 0 Å². The Hall–Kier alpha value is -2.11. The Morgan fingerprint density at radius 1 is 1.14 bits per heavy atom. The van der Waals surface area contributed by atoms with Gasteiger partial charge in [-0.05, 0) is 30.3 Å². The molecule has 7 heteroatoms. The van der Waals surface area contributed by atoms with E-state index < -0.39 is 18.4 Å². The first-order valence-electron chi connectivity index (χ1n) is 5.89. The predicted octanol–water partition coefficient (Wildman–Crippen LogP) is 3.12. The van der Waals surface area contributed by atoms with Crippen LogP contribution in [0.15, 0.2) is 42.5 Å². The summed E-state index contributed by atoms with van der Waals surface area (Å²) in [5.74, 6) is -1.72. The highest BCUT2D eigenvalue weighted by molar-refractivity contribution is 6.31. The van der Waals surface area contributed by atoms with Crippen LogP contribution in [0.4, 0.5) is 5.69 Å². The Labute approximate surface area is 130 Å². The molecule has 0 aliphatic carbocycles. The van der Waals surface area contributed by atoms with E-state index in [1.54, 1.807) is 24.3 Å². The number of aliphatic carboxylic acids is 1. The van der Waals surface area contributed by atoms with Gasteiger partial charge in [0.25, 0.3) is 5.91 Å². The Kier molecular flexibility index (Phi) is 4.77. The van der Waals surface area contributed by atoms with Gasteiger partial charge in [0, 0.05) is 10.7 Å². The summed E-state index contributed by atoms with van der Waals surface area (Å²) in [6.45, 7) is -0.507. The molecule has 0 radical (unpaired) electrons. The second-order valence-electron chi connectivity index (χ2n) is 4.11. The number of hydrogen-bond donors (Lipinski definition) is 1. The largest absolute Gasteiger partial charge is 0.480 e. The number of nitrogens with zero attached hydrogens (tertiary/aromatic N) is 2. The third-order valence-corrected chi connectivity index (χ3v) is 3.04. The second kappa shape index (κ2) is 6.56. The van der Waals surface area contributed by atoms with Crippen LogP contribution < -0.4 is 4.90 Å². The number of rotatable bonds is 4. The van der Waals surface area contributed by atoms with Crippen LogP contribution in [0.25, 0.3) is 0 Å². The average Bonchev–Trinajstić information content (AvgIpc) is 2.44. The van der Waals surface area contributed by atoms with E-state index in [1.807, 2.05) is 0 Å². The third kappa shape index (κ3) is 3.93. The zero-order chi connectivity index (χ0) is 15.4. The number of benzene rings is 1. The lowest BCUT2D eigenvalue weighted by Gasteiger charge is -2.20. The van der Waals surface area contributed by atoms with E-state index >= 15 is 0 Å². The maximum absolute atomic E-state index is 12.4. The first-order valence-corrected chi connectivity index (χ1v) is 6.65. The van der Waals surface area contributed by atoms with Gasteiger partial charge in [-0.25, -0.2) is 4.98 Å². The van der Waals surface area contributed by atoms with Gasteiger partial charge < -0.3 is 5.11 Å². The fraction of sp³-hybridized carbons (Fsp3) is 0.0714. The molecule has 21 heavy (non-hydrogen) atoms. The van der Waals surface area contributed by atoms with E-state index in [2.05, 4.69) is 4.98 Å². The van der Waals surface area contributed by atoms with Crippen LogP contribution in [0.5, 0.6) is 0 Å². The summed E-state index contributed by atoms with van der Waals surface area (Å²) in [5.41, 5.74) is 0.431. The normalized spacial score (nSPS) is 10.2. The standard InChI is InChI=1S/C14H10Cl2N2O3/c15-9-3-1-4-10(7-9)18(8-13(19)20)14(21)11-5-2-6-12(16)17-11/h1-7H,8H2,(H,19,20). The van der Waals surface area contributed by atoms with Crippen molar-refractivity contribution in [2.24, 2.45) is 0 Å². The van der Waals surface area contributed by atoms with Crippen molar-refractivity contribution in [1.29, 1.82) is 0 Å². The molecule has 1 amide bonds. The molecule has 0 spiro atoms. The third-order valence-electron chi connectivity index (χ3n) is 2.59. The topological polar surface area (TPSA) is 70.5 Å². The Balaban J connectivity index is 2.40. The van der Waals surface area contributed by atoms with E-state index in [4.69, 9.17) is 28.3 Å². The summed E-state index contributed by atoms with van der Waals surface area (Å²) in [6, 6.07) is 10.9. The molecule has 108 valence electrons. The molecule has 2 aromatic rings. The average molecular weight is 325 g/mol. The molecule has 0 fully saturated rings. The van der Waals surface area contributed by atoms with Crippen molar-refractivity contribution in [1.82, 2.24) is 4.98 Å². The minimum atomic E-state index is -1.15. The highest BCUT2D eigenvalue weighted by atomic mass is 35.5. The highest BCUT2D eigenvalue weighted by Crippen LogP contribution is 2.21. The highest BCUT2D eigenvalue weighted by Gasteiger charge is 2.21. The molecule has 0 bridgehead atoms. The summed E-state index contributed by atoms with van der Waals surface area (Å²) in [4.78, 5) is 28.4. The van der Waals surface area contributed by atoms with E-state index in [-0.39, 0.29) is 10.8 Å². The number of hydrogen-bond acceptors (Lipinski definition) is 3. The van der Waals surface area contributed by atoms with Crippen LogP contribution in [-0.4, -0.2) is 28.5 Å². The van der Waals surface area contributed by atoms with E-state index in [0.29, 0.717) is 10.7 Å². The van der Waals surface area contributed by atoms with Gasteiger partial charge >= 0.3 is 5.97 Å². The van der Waals surface area contributed by atoms with Gasteiger partial charge in [-0.1, -0.05) is 35.3 Å². The first kappa shape index (κ1) is 15.3. The first-order chi connectivity index (χ1) is 9.97. The number of pyridine rings is 1. The van der Waals surface area contributed by atoms with E-state index in [9.17, 15) is 9.59 Å². The quantitative estimate of drug-likeness (QED) is 0.877. The number of amides is 1. The summed E-state index contributed by atoms with van der Waals surface area (Å²) in [5, 5.41) is 9.54. The smallest absolute Gasteiger partial charge is 0.323 e. The van der Waals surface area contributed by atoms with Gasteiger partial charge in [-0.15, -0.1) is 0 Å². The lowest BCUT2D eigenvalue weighted by molar-refractivity contribution is -0.135. The zero-order valence-corrected chi connectivity index (χ0v) is 12.2. The van der Waals surface area contributed by atoms with Crippen molar-refractivity contribution >= 4 is 40.8 Å². The van der Waals surface area contributed by atoms with Crippen molar-refractivity contribution in [2.45, 2.75) is 0 Å². The summed E-state index contributed by atoms with van der Waals surface area (Å²) >= 11 is 11.6. The van der Waals surface area contributed by atoms with E-state index in [1.165, 1.54) is 18.2 Å². The molecular weight excluding hydrogens is 315 g/mol. The second-order valence-corrected chi connectivity index (χ2v) is 4.93. The van der Waals surface area contributed by atoms with Crippen LogP contribution in [0.1, 0.15) is 10.5 Å². The van der Waals surface area contributed by atoms with Crippen molar-refractivity contribution in [2.75, 3.05) is 11.4 Å². The molecule has 2 rings (SSSR count). The summed E-state index contributed by atoms with van der Waals surface area (Å²) in [6.07, 6.45) is 0. The van der Waals surface area contributed by atoms with Crippen molar-refractivity contribution in [3.63, 3.8) is 0 Å². The lowest BCUT2D eigenvalue weighted by Crippen LogP contribution is -2.36. The van der Waals surface area contributed by atoms with Gasteiger partial charge in [0.1, 0.15) is 17.4 Å². The molecule has 0 saturated carbocycles. The maximum atomic E-state index is 12.4. The van der Waals surface area contributed by atoms with Crippen LogP contribution >= 0.6 is 23.2 Å². The number of aromatic nitrogens is 1. The molecule has 5 nitrogen and oxygen atoms in total. The van der Waals surface area contributed by atoms with Gasteiger partial charge in [-0.3, -0.25) is 14.5 Å². The summed E-state index contributed by atoms with van der Waals surface area (Å²) < 4.78 is 0. The van der Waals surface area contributed by atoms with Crippen molar-refractivity contribution in [3.05, 3.63) is 58.3 Å². The Bertz CT molecular complexity index is 691. The monoisotopic (exact) mass is 324 g/mol. The maximum Gasteiger partial charge on any atom is 0.323 e. The number of carbonyl (C=O) groups excluding carboxylic acids is 1. The minimum Gasteiger partial charge on any atom is -0.480 e. The molecule has 1 aromatic carbocycles. The lowest BCUT2D eigenvalue weighted by atomic mass is 10.2. The molecular formula is C14H10Cl2N2O3. The fourth-order valence-corrected chi connectivity index (χ4v) is 2.07. The number of carboxylic acids is 1. The van der Waals surface area contributed by atoms with Gasteiger partial charge in [-0.2, -0.15) is 0 Å². The molecule has 0 saturated heterocycles.